The van der Waals surface area contributed by atoms with Crippen molar-refractivity contribution in [1.29, 1.82) is 0 Å². The molecule has 0 saturated heterocycles. The number of carbonyl (C=O) groups is 2. The van der Waals surface area contributed by atoms with E-state index in [0.29, 0.717) is 17.8 Å². The standard InChI is InChI=1S/C13H16N2O3/c1-9(13(17)18)6-7-14-11-4-3-5-12(8-11)15-10(2)16/h3-6,8,14H,7H2,1-2H3,(H,15,16)(H,17,18)/b9-6-. The van der Waals surface area contributed by atoms with Gasteiger partial charge < -0.3 is 15.7 Å². The van der Waals surface area contributed by atoms with E-state index in [0.717, 1.165) is 5.69 Å². The fourth-order valence-corrected chi connectivity index (χ4v) is 1.32. The number of anilines is 2. The van der Waals surface area contributed by atoms with Gasteiger partial charge in [0.05, 0.1) is 0 Å². The van der Waals surface area contributed by atoms with E-state index in [4.69, 9.17) is 5.11 Å². The Balaban J connectivity index is 2.60. The molecule has 0 fully saturated rings. The number of hydrogen-bond donors (Lipinski definition) is 3. The van der Waals surface area contributed by atoms with Crippen LogP contribution in [-0.4, -0.2) is 23.5 Å². The zero-order valence-corrected chi connectivity index (χ0v) is 10.4. The Bertz CT molecular complexity index is 481. The summed E-state index contributed by atoms with van der Waals surface area (Å²) in [7, 11) is 0. The van der Waals surface area contributed by atoms with Gasteiger partial charge >= 0.3 is 5.97 Å². The SMILES string of the molecule is CC(=O)Nc1cccc(NC/C=C(/C)C(=O)O)c1. The summed E-state index contributed by atoms with van der Waals surface area (Å²) in [6.07, 6.45) is 1.59. The summed E-state index contributed by atoms with van der Waals surface area (Å²) in [5.74, 6) is -1.06. The fourth-order valence-electron chi connectivity index (χ4n) is 1.32. The quantitative estimate of drug-likeness (QED) is 0.697. The lowest BCUT2D eigenvalue weighted by Crippen LogP contribution is -2.07. The Kier molecular flexibility index (Phi) is 4.92. The largest absolute Gasteiger partial charge is 0.478 e. The molecule has 0 aliphatic heterocycles. The molecule has 0 saturated carbocycles. The molecule has 3 N–H and O–H groups in total. The lowest BCUT2D eigenvalue weighted by atomic mass is 10.2. The first-order valence-corrected chi connectivity index (χ1v) is 5.50. The molecule has 18 heavy (non-hydrogen) atoms. The van der Waals surface area contributed by atoms with E-state index >= 15 is 0 Å². The maximum atomic E-state index is 10.9. The van der Waals surface area contributed by atoms with Crippen molar-refractivity contribution in [2.24, 2.45) is 0 Å². The third-order valence-corrected chi connectivity index (χ3v) is 2.23. The topological polar surface area (TPSA) is 78.4 Å². The van der Waals surface area contributed by atoms with Crippen molar-refractivity contribution >= 4 is 23.3 Å². The average molecular weight is 248 g/mol. The Morgan fingerprint density at radius 2 is 1.94 bits per heavy atom. The Morgan fingerprint density at radius 1 is 1.28 bits per heavy atom. The van der Waals surface area contributed by atoms with Crippen LogP contribution in [0, 0.1) is 0 Å². The first-order valence-electron chi connectivity index (χ1n) is 5.50. The molecule has 5 nitrogen and oxygen atoms in total. The molecule has 0 heterocycles. The minimum Gasteiger partial charge on any atom is -0.478 e. The smallest absolute Gasteiger partial charge is 0.331 e. The van der Waals surface area contributed by atoms with Gasteiger partial charge in [-0.2, -0.15) is 0 Å². The Labute approximate surface area is 106 Å². The van der Waals surface area contributed by atoms with E-state index in [9.17, 15) is 9.59 Å². The maximum Gasteiger partial charge on any atom is 0.331 e. The van der Waals surface area contributed by atoms with Gasteiger partial charge in [0.15, 0.2) is 0 Å². The molecule has 0 bridgehead atoms. The molecule has 0 spiro atoms. The van der Waals surface area contributed by atoms with Gasteiger partial charge in [0.2, 0.25) is 5.91 Å². The molecular weight excluding hydrogens is 232 g/mol. The van der Waals surface area contributed by atoms with E-state index in [1.54, 1.807) is 24.3 Å². The summed E-state index contributed by atoms with van der Waals surface area (Å²) in [4.78, 5) is 21.5. The van der Waals surface area contributed by atoms with Crippen LogP contribution < -0.4 is 10.6 Å². The van der Waals surface area contributed by atoms with Crippen molar-refractivity contribution < 1.29 is 14.7 Å². The summed E-state index contributed by atoms with van der Waals surface area (Å²) >= 11 is 0. The predicted molar refractivity (Wildman–Crippen MR) is 70.6 cm³/mol. The van der Waals surface area contributed by atoms with Crippen LogP contribution in [-0.2, 0) is 9.59 Å². The van der Waals surface area contributed by atoms with E-state index in [-0.39, 0.29) is 5.91 Å². The number of amides is 1. The molecule has 0 aromatic heterocycles. The van der Waals surface area contributed by atoms with Gasteiger partial charge in [-0.25, -0.2) is 4.79 Å². The lowest BCUT2D eigenvalue weighted by Gasteiger charge is -2.07. The van der Waals surface area contributed by atoms with E-state index in [1.807, 2.05) is 6.07 Å². The van der Waals surface area contributed by atoms with Gasteiger partial charge in [0.25, 0.3) is 0 Å². The summed E-state index contributed by atoms with van der Waals surface area (Å²) in [5.41, 5.74) is 1.81. The number of hydrogen-bond acceptors (Lipinski definition) is 3. The number of rotatable bonds is 5. The molecule has 0 aliphatic rings. The van der Waals surface area contributed by atoms with Gasteiger partial charge in [0.1, 0.15) is 0 Å². The second kappa shape index (κ2) is 6.44. The van der Waals surface area contributed by atoms with Gasteiger partial charge in [-0.15, -0.1) is 0 Å². The van der Waals surface area contributed by atoms with Gasteiger partial charge in [-0.3, -0.25) is 4.79 Å². The van der Waals surface area contributed by atoms with Crippen molar-refractivity contribution in [3.8, 4) is 0 Å². The number of aliphatic carboxylic acids is 1. The zero-order valence-electron chi connectivity index (χ0n) is 10.4. The number of carboxylic acids is 1. The number of benzene rings is 1. The van der Waals surface area contributed by atoms with Crippen LogP contribution in [0.25, 0.3) is 0 Å². The minimum absolute atomic E-state index is 0.131. The average Bonchev–Trinajstić information content (AvgIpc) is 2.28. The molecule has 0 radical (unpaired) electrons. The molecular formula is C13H16N2O3. The monoisotopic (exact) mass is 248 g/mol. The normalized spacial score (nSPS) is 10.9. The van der Waals surface area contributed by atoms with Crippen molar-refractivity contribution in [1.82, 2.24) is 0 Å². The van der Waals surface area contributed by atoms with Crippen LogP contribution in [0.1, 0.15) is 13.8 Å². The van der Waals surface area contributed by atoms with Gasteiger partial charge in [-0.05, 0) is 25.1 Å². The fraction of sp³-hybridized carbons (Fsp3) is 0.231. The van der Waals surface area contributed by atoms with E-state index in [1.165, 1.54) is 13.8 Å². The molecule has 1 aromatic rings. The van der Waals surface area contributed by atoms with Crippen molar-refractivity contribution in [3.05, 3.63) is 35.9 Å². The molecule has 0 aliphatic carbocycles. The summed E-state index contributed by atoms with van der Waals surface area (Å²) in [6.45, 7) is 3.40. The molecule has 0 unspecified atom stereocenters. The highest BCUT2D eigenvalue weighted by Crippen LogP contribution is 2.14. The van der Waals surface area contributed by atoms with Crippen LogP contribution in [0.4, 0.5) is 11.4 Å². The zero-order chi connectivity index (χ0) is 13.5. The highest BCUT2D eigenvalue weighted by molar-refractivity contribution is 5.89. The predicted octanol–water partition coefficient (Wildman–Crippen LogP) is 2.09. The Morgan fingerprint density at radius 3 is 2.56 bits per heavy atom. The lowest BCUT2D eigenvalue weighted by molar-refractivity contribution is -0.132. The summed E-state index contributed by atoms with van der Waals surface area (Å²) in [5, 5.41) is 14.4. The first-order chi connectivity index (χ1) is 8.49. The van der Waals surface area contributed by atoms with Crippen molar-refractivity contribution in [3.63, 3.8) is 0 Å². The van der Waals surface area contributed by atoms with Crippen molar-refractivity contribution in [2.75, 3.05) is 17.2 Å². The highest BCUT2D eigenvalue weighted by Gasteiger charge is 1.99. The third kappa shape index (κ3) is 4.69. The molecule has 1 aromatic carbocycles. The Hall–Kier alpha value is -2.30. The van der Waals surface area contributed by atoms with Crippen LogP contribution in [0.5, 0.6) is 0 Å². The second-order valence-corrected chi connectivity index (χ2v) is 3.84. The van der Waals surface area contributed by atoms with E-state index in [2.05, 4.69) is 10.6 Å². The van der Waals surface area contributed by atoms with Crippen LogP contribution in [0.15, 0.2) is 35.9 Å². The van der Waals surface area contributed by atoms with E-state index < -0.39 is 5.97 Å². The maximum absolute atomic E-state index is 10.9. The molecule has 96 valence electrons. The molecule has 1 rings (SSSR count). The van der Waals surface area contributed by atoms with Crippen LogP contribution in [0.3, 0.4) is 0 Å². The number of nitrogens with one attached hydrogen (secondary N) is 2. The summed E-state index contributed by atoms with van der Waals surface area (Å²) < 4.78 is 0. The molecule has 5 heteroatoms. The van der Waals surface area contributed by atoms with Gasteiger partial charge in [-0.1, -0.05) is 12.1 Å². The highest BCUT2D eigenvalue weighted by atomic mass is 16.4. The van der Waals surface area contributed by atoms with Crippen LogP contribution >= 0.6 is 0 Å². The van der Waals surface area contributed by atoms with Crippen LogP contribution in [0.2, 0.25) is 0 Å². The molecule has 0 atom stereocenters. The first kappa shape index (κ1) is 13.8. The van der Waals surface area contributed by atoms with Crippen molar-refractivity contribution in [2.45, 2.75) is 13.8 Å². The number of carbonyl (C=O) groups excluding carboxylic acids is 1. The molecule has 1 amide bonds. The minimum atomic E-state index is -0.927. The second-order valence-electron chi connectivity index (χ2n) is 3.84. The third-order valence-electron chi connectivity index (χ3n) is 2.23. The summed E-state index contributed by atoms with van der Waals surface area (Å²) in [6, 6.07) is 7.22. The van der Waals surface area contributed by atoms with Gasteiger partial charge in [0, 0.05) is 30.4 Å². The number of carboxylic acid groups (broad SMARTS) is 1.